The van der Waals surface area contributed by atoms with Crippen molar-refractivity contribution in [2.24, 2.45) is 0 Å². The third-order valence-electron chi connectivity index (χ3n) is 6.70. The van der Waals surface area contributed by atoms with E-state index in [1.54, 1.807) is 72.8 Å². The first-order valence-corrected chi connectivity index (χ1v) is 13.3. The van der Waals surface area contributed by atoms with Gasteiger partial charge in [0.1, 0.15) is 18.1 Å². The Morgan fingerprint density at radius 3 is 2.20 bits per heavy atom. The molecule has 0 saturated heterocycles. The van der Waals surface area contributed by atoms with Crippen LogP contribution in [0.4, 0.5) is 13.2 Å². The Hall–Kier alpha value is -4.62. The number of pyridine rings is 1. The Labute approximate surface area is 239 Å². The van der Waals surface area contributed by atoms with Gasteiger partial charge in [0, 0.05) is 16.1 Å². The number of ether oxygens (including phenoxy) is 1. The van der Waals surface area contributed by atoms with Gasteiger partial charge in [-0.2, -0.15) is 18.3 Å². The van der Waals surface area contributed by atoms with Crippen LogP contribution in [0.3, 0.4) is 0 Å². The van der Waals surface area contributed by atoms with Gasteiger partial charge in [0.05, 0.1) is 22.3 Å². The van der Waals surface area contributed by atoms with E-state index in [0.29, 0.717) is 34.2 Å². The molecule has 0 N–H and O–H groups in total. The van der Waals surface area contributed by atoms with Gasteiger partial charge < -0.3 is 4.74 Å². The van der Waals surface area contributed by atoms with Crippen molar-refractivity contribution in [1.82, 2.24) is 14.8 Å². The van der Waals surface area contributed by atoms with Crippen LogP contribution in [0.5, 0.6) is 5.75 Å². The number of rotatable bonds is 6. The number of aryl methyl sites for hydroxylation is 1. The minimum absolute atomic E-state index is 0.0782. The zero-order chi connectivity index (χ0) is 28.6. The first kappa shape index (κ1) is 26.6. The summed E-state index contributed by atoms with van der Waals surface area (Å²) in [7, 11) is 0. The number of alkyl halides is 3. The normalized spacial score (nSPS) is 11.6. The Balaban J connectivity index is 1.46. The van der Waals surface area contributed by atoms with E-state index in [4.69, 9.17) is 21.3 Å². The number of aromatic nitrogens is 3. The van der Waals surface area contributed by atoms with Crippen LogP contribution in [0, 0.1) is 6.92 Å². The number of fused-ring (bicyclic) bond motifs is 1. The van der Waals surface area contributed by atoms with Crippen molar-refractivity contribution in [2.45, 2.75) is 19.7 Å². The molecule has 0 bridgehead atoms. The van der Waals surface area contributed by atoms with Crippen molar-refractivity contribution in [2.75, 3.05) is 0 Å². The Kier molecular flexibility index (Phi) is 6.97. The standard InChI is InChI=1S/C33H23ClF3N3O/c1-21-6-5-7-22(18-21)20-41-27-16-12-23(13-17-27)29-19-28(33(35,36)37)30-31(24-10-14-25(34)15-11-24)39-40(32(30)38-29)26-8-3-2-4-9-26/h2-19H,20H2,1H3. The zero-order valence-electron chi connectivity index (χ0n) is 21.9. The van der Waals surface area contributed by atoms with Crippen LogP contribution in [-0.2, 0) is 12.8 Å². The number of para-hydroxylation sites is 1. The molecular formula is C33H23ClF3N3O. The third-order valence-corrected chi connectivity index (χ3v) is 6.95. The summed E-state index contributed by atoms with van der Waals surface area (Å²) in [6.07, 6.45) is -4.65. The van der Waals surface area contributed by atoms with Crippen LogP contribution in [0.1, 0.15) is 16.7 Å². The topological polar surface area (TPSA) is 39.9 Å². The molecule has 4 nitrogen and oxygen atoms in total. The molecule has 0 aliphatic carbocycles. The van der Waals surface area contributed by atoms with Gasteiger partial charge in [0.15, 0.2) is 5.65 Å². The minimum atomic E-state index is -4.65. The molecule has 0 fully saturated rings. The molecule has 6 rings (SSSR count). The average Bonchev–Trinajstić information content (AvgIpc) is 3.36. The van der Waals surface area contributed by atoms with Gasteiger partial charge in [-0.15, -0.1) is 0 Å². The van der Waals surface area contributed by atoms with Gasteiger partial charge in [0.2, 0.25) is 0 Å². The molecule has 0 spiro atoms. The highest BCUT2D eigenvalue weighted by molar-refractivity contribution is 6.30. The van der Waals surface area contributed by atoms with Crippen LogP contribution in [-0.4, -0.2) is 14.8 Å². The van der Waals surface area contributed by atoms with Gasteiger partial charge in [-0.1, -0.05) is 71.8 Å². The van der Waals surface area contributed by atoms with E-state index >= 15 is 0 Å². The fourth-order valence-corrected chi connectivity index (χ4v) is 4.86. The molecule has 2 heterocycles. The van der Waals surface area contributed by atoms with E-state index in [0.717, 1.165) is 17.2 Å². The molecule has 0 amide bonds. The van der Waals surface area contributed by atoms with Gasteiger partial charge >= 0.3 is 6.18 Å². The minimum Gasteiger partial charge on any atom is -0.489 e. The van der Waals surface area contributed by atoms with E-state index in [2.05, 4.69) is 5.10 Å². The second-order valence-corrected chi connectivity index (χ2v) is 10.1. The molecule has 204 valence electrons. The van der Waals surface area contributed by atoms with Crippen molar-refractivity contribution in [1.29, 1.82) is 0 Å². The summed E-state index contributed by atoms with van der Waals surface area (Å²) in [5, 5.41) is 5.03. The molecule has 4 aromatic carbocycles. The quantitative estimate of drug-likeness (QED) is 0.201. The molecule has 8 heteroatoms. The van der Waals surface area contributed by atoms with Gasteiger partial charge in [-0.3, -0.25) is 0 Å². The van der Waals surface area contributed by atoms with Crippen molar-refractivity contribution >= 4 is 22.6 Å². The maximum absolute atomic E-state index is 14.6. The third kappa shape index (κ3) is 5.54. The molecule has 0 aliphatic rings. The maximum Gasteiger partial charge on any atom is 0.417 e. The summed E-state index contributed by atoms with van der Waals surface area (Å²) in [6.45, 7) is 2.40. The largest absolute Gasteiger partial charge is 0.489 e. The lowest BCUT2D eigenvalue weighted by molar-refractivity contribution is -0.136. The number of hydrogen-bond donors (Lipinski definition) is 0. The molecule has 0 aliphatic heterocycles. The van der Waals surface area contributed by atoms with Crippen LogP contribution < -0.4 is 4.74 Å². The summed E-state index contributed by atoms with van der Waals surface area (Å²) in [6, 6.07) is 31.5. The highest BCUT2D eigenvalue weighted by Gasteiger charge is 2.36. The van der Waals surface area contributed by atoms with E-state index in [-0.39, 0.29) is 22.4 Å². The molecular weight excluding hydrogens is 547 g/mol. The Morgan fingerprint density at radius 1 is 0.805 bits per heavy atom. The van der Waals surface area contributed by atoms with Crippen molar-refractivity contribution in [3.05, 3.63) is 131 Å². The monoisotopic (exact) mass is 569 g/mol. The van der Waals surface area contributed by atoms with E-state index < -0.39 is 11.7 Å². The second-order valence-electron chi connectivity index (χ2n) is 9.66. The molecule has 6 aromatic rings. The van der Waals surface area contributed by atoms with Crippen molar-refractivity contribution in [3.63, 3.8) is 0 Å². The predicted octanol–water partition coefficient (Wildman–Crippen LogP) is 9.31. The summed E-state index contributed by atoms with van der Waals surface area (Å²) in [5.41, 5.74) is 3.42. The summed E-state index contributed by atoms with van der Waals surface area (Å²) < 4.78 is 51.3. The van der Waals surface area contributed by atoms with Crippen LogP contribution in [0.25, 0.3) is 39.2 Å². The van der Waals surface area contributed by atoms with Crippen molar-refractivity contribution in [3.8, 4) is 34.0 Å². The van der Waals surface area contributed by atoms with Gasteiger partial charge in [-0.25, -0.2) is 9.67 Å². The average molecular weight is 570 g/mol. The lowest BCUT2D eigenvalue weighted by Gasteiger charge is -2.13. The van der Waals surface area contributed by atoms with Crippen molar-refractivity contribution < 1.29 is 17.9 Å². The van der Waals surface area contributed by atoms with E-state index in [1.165, 1.54) is 4.68 Å². The predicted molar refractivity (Wildman–Crippen MR) is 155 cm³/mol. The fraction of sp³-hybridized carbons (Fsp3) is 0.0909. The Morgan fingerprint density at radius 2 is 1.51 bits per heavy atom. The lowest BCUT2D eigenvalue weighted by Crippen LogP contribution is -2.08. The maximum atomic E-state index is 14.6. The van der Waals surface area contributed by atoms with Crippen LogP contribution in [0.2, 0.25) is 5.02 Å². The number of hydrogen-bond acceptors (Lipinski definition) is 3. The molecule has 2 aromatic heterocycles. The molecule has 0 radical (unpaired) electrons. The fourth-order valence-electron chi connectivity index (χ4n) is 4.74. The zero-order valence-corrected chi connectivity index (χ0v) is 22.6. The summed E-state index contributed by atoms with van der Waals surface area (Å²) in [4.78, 5) is 4.73. The first-order chi connectivity index (χ1) is 19.8. The number of benzene rings is 4. The van der Waals surface area contributed by atoms with Gasteiger partial charge in [-0.05, 0) is 67.1 Å². The molecule has 0 atom stereocenters. The van der Waals surface area contributed by atoms with Crippen LogP contribution >= 0.6 is 11.6 Å². The number of halogens is 4. The van der Waals surface area contributed by atoms with E-state index in [9.17, 15) is 13.2 Å². The summed E-state index contributed by atoms with van der Waals surface area (Å²) in [5.74, 6) is 0.603. The van der Waals surface area contributed by atoms with Crippen LogP contribution in [0.15, 0.2) is 109 Å². The summed E-state index contributed by atoms with van der Waals surface area (Å²) >= 11 is 6.05. The first-order valence-electron chi connectivity index (χ1n) is 12.9. The lowest BCUT2D eigenvalue weighted by atomic mass is 10.0. The molecule has 41 heavy (non-hydrogen) atoms. The van der Waals surface area contributed by atoms with Gasteiger partial charge in [0.25, 0.3) is 0 Å². The highest BCUT2D eigenvalue weighted by atomic mass is 35.5. The number of nitrogens with zero attached hydrogens (tertiary/aromatic N) is 3. The Bertz CT molecular complexity index is 1830. The highest BCUT2D eigenvalue weighted by Crippen LogP contribution is 2.41. The SMILES string of the molecule is Cc1cccc(COc2ccc(-c3cc(C(F)(F)F)c4c(-c5ccc(Cl)cc5)nn(-c5ccccc5)c4n3)cc2)c1. The smallest absolute Gasteiger partial charge is 0.417 e. The molecule has 0 saturated carbocycles. The molecule has 0 unspecified atom stereocenters. The van der Waals surface area contributed by atoms with E-state index in [1.807, 2.05) is 37.3 Å². The second kappa shape index (κ2) is 10.7.